The molecule has 0 saturated heterocycles. The van der Waals surface area contributed by atoms with Crippen molar-refractivity contribution in [2.45, 2.75) is 50.8 Å². The molecule has 23 heavy (non-hydrogen) atoms. The van der Waals surface area contributed by atoms with E-state index < -0.39 is 9.84 Å². The lowest BCUT2D eigenvalue weighted by Crippen LogP contribution is -2.49. The van der Waals surface area contributed by atoms with Crippen LogP contribution in [0.5, 0.6) is 0 Å². The van der Waals surface area contributed by atoms with Crippen molar-refractivity contribution in [2.24, 2.45) is 5.10 Å². The summed E-state index contributed by atoms with van der Waals surface area (Å²) in [5.74, 6) is 0.283. The Balaban J connectivity index is 1.89. The Hall–Kier alpha value is -1.54. The number of quaternary nitrogens is 1. The van der Waals surface area contributed by atoms with Crippen LogP contribution in [0.1, 0.15) is 50.8 Å². The summed E-state index contributed by atoms with van der Waals surface area (Å²) < 4.78 is 28.9. The zero-order valence-corrected chi connectivity index (χ0v) is 14.4. The van der Waals surface area contributed by atoms with Crippen molar-refractivity contribution < 1.29 is 17.4 Å². The Labute approximate surface area is 136 Å². The third-order valence-corrected chi connectivity index (χ3v) is 5.43. The molecule has 1 aliphatic heterocycles. The van der Waals surface area contributed by atoms with Gasteiger partial charge in [0.2, 0.25) is 11.6 Å². The molecule has 126 valence electrons. The standard InChI is InChI=1S/C15H23N4O3S/c1-3-19(12-7-5-4-6-8-12)13(9-10-16-19)15-18-17-14(22-15)11-23(2,20)21/h9-10,12H,3-8,11H2,1-2H3/q+1. The summed E-state index contributed by atoms with van der Waals surface area (Å²) in [5.41, 5.74) is 0.881. The van der Waals surface area contributed by atoms with Crippen molar-refractivity contribution in [1.82, 2.24) is 10.2 Å². The van der Waals surface area contributed by atoms with Crippen LogP contribution in [0.2, 0.25) is 0 Å². The molecule has 1 saturated carbocycles. The van der Waals surface area contributed by atoms with E-state index in [2.05, 4.69) is 17.1 Å². The minimum atomic E-state index is -3.19. The monoisotopic (exact) mass is 339 g/mol. The Bertz CT molecular complexity index is 732. The molecule has 0 radical (unpaired) electrons. The second kappa shape index (κ2) is 6.16. The Morgan fingerprint density at radius 3 is 2.65 bits per heavy atom. The molecule has 7 nitrogen and oxygen atoms in total. The van der Waals surface area contributed by atoms with E-state index >= 15 is 0 Å². The van der Waals surface area contributed by atoms with Crippen molar-refractivity contribution in [2.75, 3.05) is 12.8 Å². The van der Waals surface area contributed by atoms with Gasteiger partial charge in [-0.05, 0) is 19.8 Å². The van der Waals surface area contributed by atoms with Crippen molar-refractivity contribution in [1.29, 1.82) is 0 Å². The number of sulfone groups is 1. The predicted octanol–water partition coefficient (Wildman–Crippen LogP) is 2.12. The largest absolute Gasteiger partial charge is 0.415 e. The predicted molar refractivity (Wildman–Crippen MR) is 87.0 cm³/mol. The molecule has 0 spiro atoms. The first kappa shape index (κ1) is 16.3. The number of hydrogen-bond donors (Lipinski definition) is 0. The molecule has 2 heterocycles. The molecule has 1 atom stereocenters. The number of aromatic nitrogens is 2. The molecule has 2 aliphatic rings. The van der Waals surface area contributed by atoms with E-state index in [0.717, 1.165) is 31.3 Å². The van der Waals surface area contributed by atoms with Gasteiger partial charge >= 0.3 is 5.89 Å². The Morgan fingerprint density at radius 1 is 1.26 bits per heavy atom. The SMILES string of the molecule is CC[N+]1(C2CCCCC2)N=CC=C1c1nnc(CS(C)(=O)=O)o1. The molecule has 1 aliphatic carbocycles. The van der Waals surface area contributed by atoms with Crippen LogP contribution in [0.25, 0.3) is 5.70 Å². The van der Waals surface area contributed by atoms with Crippen molar-refractivity contribution in [3.8, 4) is 0 Å². The first-order valence-corrected chi connectivity index (χ1v) is 10.2. The van der Waals surface area contributed by atoms with E-state index in [0.29, 0.717) is 16.5 Å². The van der Waals surface area contributed by atoms with Gasteiger partial charge in [0.05, 0.1) is 6.21 Å². The molecule has 1 aromatic heterocycles. The quantitative estimate of drug-likeness (QED) is 0.767. The van der Waals surface area contributed by atoms with Gasteiger partial charge < -0.3 is 4.42 Å². The molecule has 0 aromatic carbocycles. The van der Waals surface area contributed by atoms with Crippen molar-refractivity contribution in [3.05, 3.63) is 17.9 Å². The maximum Gasteiger partial charge on any atom is 0.305 e. The summed E-state index contributed by atoms with van der Waals surface area (Å²) in [5, 5.41) is 12.7. The van der Waals surface area contributed by atoms with Gasteiger partial charge in [-0.1, -0.05) is 11.5 Å². The zero-order chi connectivity index (χ0) is 16.5. The van der Waals surface area contributed by atoms with Gasteiger partial charge in [0, 0.05) is 25.2 Å². The molecule has 8 heteroatoms. The van der Waals surface area contributed by atoms with Gasteiger partial charge in [0.25, 0.3) is 0 Å². The van der Waals surface area contributed by atoms with E-state index in [1.807, 2.05) is 6.08 Å². The van der Waals surface area contributed by atoms with E-state index in [1.165, 1.54) is 19.3 Å². The van der Waals surface area contributed by atoms with Crippen LogP contribution in [0, 0.1) is 0 Å². The minimum Gasteiger partial charge on any atom is -0.415 e. The fraction of sp³-hybridized carbons (Fsp3) is 0.667. The highest BCUT2D eigenvalue weighted by atomic mass is 32.2. The van der Waals surface area contributed by atoms with Gasteiger partial charge in [0.15, 0.2) is 9.84 Å². The minimum absolute atomic E-state index is 0.133. The highest BCUT2D eigenvalue weighted by Crippen LogP contribution is 2.39. The molecule has 1 unspecified atom stereocenters. The normalized spacial score (nSPS) is 25.7. The van der Waals surface area contributed by atoms with Gasteiger partial charge in [-0.3, -0.25) is 0 Å². The van der Waals surface area contributed by atoms with Crippen LogP contribution in [0.15, 0.2) is 15.6 Å². The Kier molecular flexibility index (Phi) is 4.37. The molecule has 0 N–H and O–H groups in total. The third kappa shape index (κ3) is 3.23. The topological polar surface area (TPSA) is 85.4 Å². The lowest BCUT2D eigenvalue weighted by atomic mass is 9.93. The van der Waals surface area contributed by atoms with E-state index in [4.69, 9.17) is 9.52 Å². The summed E-state index contributed by atoms with van der Waals surface area (Å²) >= 11 is 0. The highest BCUT2D eigenvalue weighted by molar-refractivity contribution is 7.89. The summed E-state index contributed by atoms with van der Waals surface area (Å²) in [7, 11) is -3.19. The summed E-state index contributed by atoms with van der Waals surface area (Å²) in [6, 6.07) is 0.420. The van der Waals surface area contributed by atoms with Crippen LogP contribution in [0.4, 0.5) is 0 Å². The fourth-order valence-corrected chi connectivity index (χ4v) is 4.17. The molecule has 1 aromatic rings. The van der Waals surface area contributed by atoms with Crippen LogP contribution in [0.3, 0.4) is 0 Å². The number of rotatable bonds is 5. The molecule has 3 rings (SSSR count). The van der Waals surface area contributed by atoms with Gasteiger partial charge in [-0.15, -0.1) is 10.2 Å². The van der Waals surface area contributed by atoms with Crippen molar-refractivity contribution >= 4 is 21.7 Å². The maximum atomic E-state index is 11.4. The van der Waals surface area contributed by atoms with E-state index in [9.17, 15) is 8.42 Å². The van der Waals surface area contributed by atoms with E-state index in [1.54, 1.807) is 6.21 Å². The van der Waals surface area contributed by atoms with Crippen LogP contribution in [-0.4, -0.2) is 48.3 Å². The number of hydrogen-bond acceptors (Lipinski definition) is 6. The van der Waals surface area contributed by atoms with Gasteiger partial charge in [-0.25, -0.2) is 8.42 Å². The first-order chi connectivity index (χ1) is 10.9. The molecule has 1 fully saturated rings. The van der Waals surface area contributed by atoms with Crippen LogP contribution in [-0.2, 0) is 15.6 Å². The molecular formula is C15H23N4O3S+. The average molecular weight is 339 g/mol. The molecule has 0 amide bonds. The summed E-state index contributed by atoms with van der Waals surface area (Å²) in [6.07, 6.45) is 10.8. The Morgan fingerprint density at radius 2 is 2.00 bits per heavy atom. The second-order valence-corrected chi connectivity index (χ2v) is 8.46. The van der Waals surface area contributed by atoms with Crippen LogP contribution < -0.4 is 0 Å². The smallest absolute Gasteiger partial charge is 0.305 e. The summed E-state index contributed by atoms with van der Waals surface area (Å²) in [6.45, 7) is 2.93. The third-order valence-electron chi connectivity index (χ3n) is 4.65. The lowest BCUT2D eigenvalue weighted by Gasteiger charge is -2.38. The highest BCUT2D eigenvalue weighted by Gasteiger charge is 2.45. The average Bonchev–Trinajstić information content (AvgIpc) is 3.13. The van der Waals surface area contributed by atoms with Gasteiger partial charge in [-0.2, -0.15) is 4.59 Å². The fourth-order valence-electron chi connectivity index (χ4n) is 3.60. The van der Waals surface area contributed by atoms with Gasteiger partial charge in [0.1, 0.15) is 18.3 Å². The lowest BCUT2D eigenvalue weighted by molar-refractivity contribution is -0.890. The first-order valence-electron chi connectivity index (χ1n) is 8.09. The van der Waals surface area contributed by atoms with E-state index in [-0.39, 0.29) is 11.6 Å². The number of allylic oxidation sites excluding steroid dienone is 1. The zero-order valence-electron chi connectivity index (χ0n) is 13.6. The van der Waals surface area contributed by atoms with Crippen molar-refractivity contribution in [3.63, 3.8) is 0 Å². The number of nitrogens with zero attached hydrogens (tertiary/aromatic N) is 4. The molecular weight excluding hydrogens is 316 g/mol. The van der Waals surface area contributed by atoms with Crippen LogP contribution >= 0.6 is 0 Å². The summed E-state index contributed by atoms with van der Waals surface area (Å²) in [4.78, 5) is 0. The molecule has 0 bridgehead atoms. The maximum absolute atomic E-state index is 11.4. The second-order valence-electron chi connectivity index (χ2n) is 6.32.